The van der Waals surface area contributed by atoms with Gasteiger partial charge in [0.05, 0.1) is 4.90 Å². The van der Waals surface area contributed by atoms with Crippen molar-refractivity contribution in [3.8, 4) is 0 Å². The van der Waals surface area contributed by atoms with Gasteiger partial charge >= 0.3 is 5.97 Å². The highest BCUT2D eigenvalue weighted by molar-refractivity contribution is 9.10. The van der Waals surface area contributed by atoms with Crippen LogP contribution in [0.4, 0.5) is 0 Å². The first kappa shape index (κ1) is 17.4. The molecule has 0 spiro atoms. The summed E-state index contributed by atoms with van der Waals surface area (Å²) in [5.41, 5.74) is 0. The number of rotatable bonds is 6. The largest absolute Gasteiger partial charge is 0.480 e. The minimum atomic E-state index is -3.97. The summed E-state index contributed by atoms with van der Waals surface area (Å²) in [6.07, 6.45) is 0.538. The molecule has 0 aliphatic heterocycles. The Balaban J connectivity index is 3.16. The summed E-state index contributed by atoms with van der Waals surface area (Å²) in [6.45, 7) is 3.47. The minimum absolute atomic E-state index is 0.0837. The lowest BCUT2D eigenvalue weighted by Crippen LogP contribution is -2.44. The molecule has 0 bridgehead atoms. The van der Waals surface area contributed by atoms with E-state index in [-0.39, 0.29) is 15.8 Å². The van der Waals surface area contributed by atoms with E-state index < -0.39 is 22.0 Å². The van der Waals surface area contributed by atoms with Crippen molar-refractivity contribution in [2.45, 2.75) is 31.2 Å². The molecule has 0 radical (unpaired) electrons. The van der Waals surface area contributed by atoms with Crippen LogP contribution in [0.5, 0.6) is 0 Å². The molecule has 1 rings (SSSR count). The second-order valence-corrected chi connectivity index (χ2v) is 7.37. The van der Waals surface area contributed by atoms with Crippen molar-refractivity contribution in [1.29, 1.82) is 0 Å². The van der Waals surface area contributed by atoms with E-state index in [0.717, 1.165) is 0 Å². The van der Waals surface area contributed by atoms with E-state index in [4.69, 9.17) is 16.7 Å². The van der Waals surface area contributed by atoms with E-state index in [2.05, 4.69) is 20.7 Å². The fraction of sp³-hybridized carbons (Fsp3) is 0.417. The molecule has 0 unspecified atom stereocenters. The molecule has 8 heteroatoms. The highest BCUT2D eigenvalue weighted by atomic mass is 79.9. The molecule has 1 aromatic carbocycles. The van der Waals surface area contributed by atoms with Crippen LogP contribution in [0.25, 0.3) is 0 Å². The number of aliphatic carboxylic acids is 1. The summed E-state index contributed by atoms with van der Waals surface area (Å²) in [5.74, 6) is -1.54. The molecular formula is C12H15BrClNO4S. The molecule has 0 aliphatic carbocycles. The zero-order chi connectivity index (χ0) is 15.5. The Morgan fingerprint density at radius 1 is 1.50 bits per heavy atom. The topological polar surface area (TPSA) is 83.5 Å². The maximum absolute atomic E-state index is 12.3. The number of benzene rings is 1. The molecule has 0 amide bonds. The second kappa shape index (κ2) is 6.89. The van der Waals surface area contributed by atoms with Gasteiger partial charge in [0.25, 0.3) is 0 Å². The van der Waals surface area contributed by atoms with E-state index in [1.807, 2.05) is 0 Å². The van der Waals surface area contributed by atoms with Gasteiger partial charge in [-0.05, 0) is 40.0 Å². The average Bonchev–Trinajstić information content (AvgIpc) is 2.37. The van der Waals surface area contributed by atoms with Gasteiger partial charge in [-0.25, -0.2) is 8.42 Å². The van der Waals surface area contributed by atoms with Gasteiger partial charge in [0.15, 0.2) is 0 Å². The lowest BCUT2D eigenvalue weighted by molar-refractivity contribution is -0.140. The summed E-state index contributed by atoms with van der Waals surface area (Å²) in [7, 11) is -3.97. The highest BCUT2D eigenvalue weighted by Crippen LogP contribution is 2.26. The van der Waals surface area contributed by atoms with E-state index in [1.165, 1.54) is 18.2 Å². The number of sulfonamides is 1. The Hall–Kier alpha value is -0.630. The van der Waals surface area contributed by atoms with Crippen LogP contribution in [0.3, 0.4) is 0 Å². The second-order valence-electron chi connectivity index (χ2n) is 4.40. The predicted octanol–water partition coefficient (Wildman–Crippen LogP) is 2.88. The zero-order valence-corrected chi connectivity index (χ0v) is 14.1. The first-order chi connectivity index (χ1) is 9.19. The molecule has 0 heterocycles. The van der Waals surface area contributed by atoms with Gasteiger partial charge in [-0.3, -0.25) is 4.79 Å². The van der Waals surface area contributed by atoms with Gasteiger partial charge in [0.2, 0.25) is 10.0 Å². The average molecular weight is 385 g/mol. The number of hydrogen-bond acceptors (Lipinski definition) is 3. The number of hydrogen-bond donors (Lipinski definition) is 2. The van der Waals surface area contributed by atoms with Crippen LogP contribution in [0.15, 0.2) is 27.6 Å². The molecule has 112 valence electrons. The van der Waals surface area contributed by atoms with Crippen molar-refractivity contribution in [3.05, 3.63) is 27.7 Å². The molecule has 2 N–H and O–H groups in total. The Morgan fingerprint density at radius 2 is 2.10 bits per heavy atom. The van der Waals surface area contributed by atoms with Crippen molar-refractivity contribution in [3.63, 3.8) is 0 Å². The summed E-state index contributed by atoms with van der Waals surface area (Å²) in [5, 5.41) is 9.40. The molecule has 0 saturated carbocycles. The van der Waals surface area contributed by atoms with Gasteiger partial charge in [-0.1, -0.05) is 31.9 Å². The van der Waals surface area contributed by atoms with Gasteiger partial charge < -0.3 is 5.11 Å². The van der Waals surface area contributed by atoms with Crippen molar-refractivity contribution >= 4 is 43.5 Å². The molecule has 1 aromatic rings. The van der Waals surface area contributed by atoms with Gasteiger partial charge in [0.1, 0.15) is 6.04 Å². The number of nitrogens with one attached hydrogen (secondary N) is 1. The summed E-state index contributed by atoms with van der Waals surface area (Å²) >= 11 is 8.90. The third-order valence-corrected chi connectivity index (χ3v) is 5.61. The molecule has 0 fully saturated rings. The number of carboxylic acid groups (broad SMARTS) is 1. The molecule has 0 saturated heterocycles. The van der Waals surface area contributed by atoms with Gasteiger partial charge in [-0.15, -0.1) is 0 Å². The maximum Gasteiger partial charge on any atom is 0.322 e. The Kier molecular flexibility index (Phi) is 6.00. The van der Waals surface area contributed by atoms with Crippen LogP contribution < -0.4 is 4.72 Å². The highest BCUT2D eigenvalue weighted by Gasteiger charge is 2.30. The number of halogens is 2. The molecule has 20 heavy (non-hydrogen) atoms. The summed E-state index contributed by atoms with van der Waals surface area (Å²) in [6, 6.07) is 3.11. The lowest BCUT2D eigenvalue weighted by Gasteiger charge is -2.20. The van der Waals surface area contributed by atoms with Gasteiger partial charge in [-0.2, -0.15) is 4.72 Å². The third-order valence-electron chi connectivity index (χ3n) is 2.94. The van der Waals surface area contributed by atoms with Crippen LogP contribution in [0, 0.1) is 5.92 Å². The van der Waals surface area contributed by atoms with E-state index in [9.17, 15) is 13.2 Å². The van der Waals surface area contributed by atoms with Crippen LogP contribution in [0.2, 0.25) is 5.02 Å². The molecule has 2 atom stereocenters. The Morgan fingerprint density at radius 3 is 2.60 bits per heavy atom. The van der Waals surface area contributed by atoms with Crippen LogP contribution in [0.1, 0.15) is 20.3 Å². The SMILES string of the molecule is CC[C@H](C)[C@H](NS(=O)(=O)c1cc(Cl)ccc1Br)C(=O)O. The van der Waals surface area contributed by atoms with Crippen LogP contribution in [-0.4, -0.2) is 25.5 Å². The van der Waals surface area contributed by atoms with Crippen molar-refractivity contribution in [1.82, 2.24) is 4.72 Å². The van der Waals surface area contributed by atoms with E-state index >= 15 is 0 Å². The van der Waals surface area contributed by atoms with Crippen molar-refractivity contribution < 1.29 is 18.3 Å². The first-order valence-electron chi connectivity index (χ1n) is 5.89. The maximum atomic E-state index is 12.3. The lowest BCUT2D eigenvalue weighted by atomic mass is 10.0. The van der Waals surface area contributed by atoms with Gasteiger partial charge in [0, 0.05) is 9.50 Å². The zero-order valence-electron chi connectivity index (χ0n) is 10.9. The fourth-order valence-corrected chi connectivity index (χ4v) is 4.08. The van der Waals surface area contributed by atoms with Crippen LogP contribution in [-0.2, 0) is 14.8 Å². The third kappa shape index (κ3) is 4.18. The van der Waals surface area contributed by atoms with E-state index in [1.54, 1.807) is 13.8 Å². The first-order valence-corrected chi connectivity index (χ1v) is 8.54. The standard InChI is InChI=1S/C12H15BrClNO4S/c1-3-7(2)11(12(16)17)15-20(18,19)10-6-8(14)4-5-9(10)13/h4-7,11,15H,3H2,1-2H3,(H,16,17)/t7-,11-/m0/s1. The summed E-state index contributed by atoms with van der Waals surface area (Å²) < 4.78 is 27.1. The van der Waals surface area contributed by atoms with Crippen LogP contribution >= 0.6 is 27.5 Å². The molecule has 0 aromatic heterocycles. The number of carbonyl (C=O) groups is 1. The molecule has 5 nitrogen and oxygen atoms in total. The normalized spacial score (nSPS) is 14.8. The fourth-order valence-electron chi connectivity index (χ4n) is 1.56. The quantitative estimate of drug-likeness (QED) is 0.790. The minimum Gasteiger partial charge on any atom is -0.480 e. The Bertz CT molecular complexity index is 605. The van der Waals surface area contributed by atoms with Crippen molar-refractivity contribution in [2.24, 2.45) is 5.92 Å². The molecular weight excluding hydrogens is 370 g/mol. The number of carboxylic acids is 1. The predicted molar refractivity (Wildman–Crippen MR) is 80.4 cm³/mol. The Labute approximate surface area is 131 Å². The van der Waals surface area contributed by atoms with Crippen molar-refractivity contribution in [2.75, 3.05) is 0 Å². The monoisotopic (exact) mass is 383 g/mol. The smallest absolute Gasteiger partial charge is 0.322 e. The molecule has 0 aliphatic rings. The van der Waals surface area contributed by atoms with E-state index in [0.29, 0.717) is 10.9 Å². The summed E-state index contributed by atoms with van der Waals surface area (Å²) in [4.78, 5) is 11.1.